The molecule has 1 aromatic carbocycles. The molecule has 1 N–H and O–H groups in total. The maximum atomic E-state index is 12.6. The van der Waals surface area contributed by atoms with E-state index in [-0.39, 0.29) is 23.6 Å². The molecule has 1 atom stereocenters. The molecule has 2 aliphatic rings. The molecule has 4 rings (SSSR count). The quantitative estimate of drug-likeness (QED) is 0.903. The molecule has 0 radical (unpaired) electrons. The van der Waals surface area contributed by atoms with Crippen LogP contribution in [0.25, 0.3) is 0 Å². The minimum atomic E-state index is -0.418. The number of aryl methyl sites for hydroxylation is 1. The zero-order chi connectivity index (χ0) is 18.8. The third-order valence-electron chi connectivity index (χ3n) is 5.60. The summed E-state index contributed by atoms with van der Waals surface area (Å²) in [4.78, 5) is 24.7. The van der Waals surface area contributed by atoms with Crippen LogP contribution in [0, 0.1) is 6.92 Å². The second-order valence-electron chi connectivity index (χ2n) is 7.54. The van der Waals surface area contributed by atoms with Crippen LogP contribution in [0.2, 0.25) is 0 Å². The number of nitrogens with zero attached hydrogens (tertiary/aromatic N) is 2. The van der Waals surface area contributed by atoms with Crippen LogP contribution in [0.4, 0.5) is 0 Å². The Morgan fingerprint density at radius 1 is 1.11 bits per heavy atom. The highest BCUT2D eigenvalue weighted by molar-refractivity contribution is 5.81. The standard InChI is InChI=1S/C21H25N3O3/c1-14-6-11-20(25)24(23-14)18-9-7-17(8-10-18)22-21(26)19-12-15-4-2-3-5-16(15)13-27-19/h2-6,11,17-19H,7-10,12-13H2,1H3,(H,22,26). The maximum absolute atomic E-state index is 12.6. The number of amides is 1. The fourth-order valence-corrected chi connectivity index (χ4v) is 4.06. The molecular weight excluding hydrogens is 342 g/mol. The Hall–Kier alpha value is -2.47. The number of carbonyl (C=O) groups is 1. The molecule has 0 spiro atoms. The fraction of sp³-hybridized carbons (Fsp3) is 0.476. The van der Waals surface area contributed by atoms with Gasteiger partial charge in [-0.05, 0) is 49.8 Å². The van der Waals surface area contributed by atoms with Crippen molar-refractivity contribution in [3.63, 3.8) is 0 Å². The van der Waals surface area contributed by atoms with Crippen LogP contribution in [0.5, 0.6) is 0 Å². The average molecular weight is 367 g/mol. The fourth-order valence-electron chi connectivity index (χ4n) is 4.06. The molecule has 0 saturated heterocycles. The van der Waals surface area contributed by atoms with Crippen molar-refractivity contribution in [3.05, 3.63) is 63.6 Å². The topological polar surface area (TPSA) is 73.2 Å². The van der Waals surface area contributed by atoms with Gasteiger partial charge in [0, 0.05) is 18.5 Å². The molecule has 1 aliphatic heterocycles. The van der Waals surface area contributed by atoms with E-state index in [9.17, 15) is 9.59 Å². The van der Waals surface area contributed by atoms with Gasteiger partial charge in [0.1, 0.15) is 6.10 Å². The minimum absolute atomic E-state index is 0.0289. The number of aromatic nitrogens is 2. The number of fused-ring (bicyclic) bond motifs is 1. The van der Waals surface area contributed by atoms with Crippen LogP contribution in [-0.4, -0.2) is 27.8 Å². The first-order chi connectivity index (χ1) is 13.1. The van der Waals surface area contributed by atoms with Crippen molar-refractivity contribution in [1.29, 1.82) is 0 Å². The lowest BCUT2D eigenvalue weighted by Crippen LogP contribution is -2.46. The van der Waals surface area contributed by atoms with Crippen molar-refractivity contribution in [3.8, 4) is 0 Å². The number of hydrogen-bond donors (Lipinski definition) is 1. The van der Waals surface area contributed by atoms with Crippen LogP contribution in [0.15, 0.2) is 41.2 Å². The smallest absolute Gasteiger partial charge is 0.267 e. The highest BCUT2D eigenvalue weighted by Gasteiger charge is 2.29. The van der Waals surface area contributed by atoms with Crippen molar-refractivity contribution in [2.24, 2.45) is 0 Å². The van der Waals surface area contributed by atoms with Crippen molar-refractivity contribution in [2.45, 2.75) is 63.8 Å². The van der Waals surface area contributed by atoms with E-state index in [2.05, 4.69) is 16.5 Å². The predicted octanol–water partition coefficient (Wildman–Crippen LogP) is 2.29. The zero-order valence-electron chi connectivity index (χ0n) is 15.6. The highest BCUT2D eigenvalue weighted by Crippen LogP contribution is 2.27. The molecule has 1 unspecified atom stereocenters. The van der Waals surface area contributed by atoms with Crippen LogP contribution in [0.3, 0.4) is 0 Å². The summed E-state index contributed by atoms with van der Waals surface area (Å²) < 4.78 is 7.37. The summed E-state index contributed by atoms with van der Waals surface area (Å²) in [5.74, 6) is -0.0289. The second kappa shape index (κ2) is 7.64. The molecule has 142 valence electrons. The summed E-state index contributed by atoms with van der Waals surface area (Å²) >= 11 is 0. The Labute approximate surface area is 158 Å². The molecule has 1 aromatic heterocycles. The van der Waals surface area contributed by atoms with Crippen molar-refractivity contribution < 1.29 is 9.53 Å². The first kappa shape index (κ1) is 17.9. The summed E-state index contributed by atoms with van der Waals surface area (Å²) in [6.07, 6.45) is 3.59. The molecule has 6 nitrogen and oxygen atoms in total. The summed E-state index contributed by atoms with van der Waals surface area (Å²) in [7, 11) is 0. The summed E-state index contributed by atoms with van der Waals surface area (Å²) in [6.45, 7) is 2.38. The first-order valence-corrected chi connectivity index (χ1v) is 9.65. The van der Waals surface area contributed by atoms with Crippen LogP contribution in [0.1, 0.15) is 48.5 Å². The lowest BCUT2D eigenvalue weighted by atomic mass is 9.90. The summed E-state index contributed by atoms with van der Waals surface area (Å²) in [5.41, 5.74) is 3.15. The third-order valence-corrected chi connectivity index (χ3v) is 5.60. The molecule has 1 fully saturated rings. The number of benzene rings is 1. The van der Waals surface area contributed by atoms with E-state index in [4.69, 9.17) is 4.74 Å². The van der Waals surface area contributed by atoms with Gasteiger partial charge < -0.3 is 10.1 Å². The van der Waals surface area contributed by atoms with Crippen molar-refractivity contribution >= 4 is 5.91 Å². The zero-order valence-corrected chi connectivity index (χ0v) is 15.6. The monoisotopic (exact) mass is 367 g/mol. The molecule has 1 aliphatic carbocycles. The van der Waals surface area contributed by atoms with Crippen molar-refractivity contribution in [1.82, 2.24) is 15.1 Å². The van der Waals surface area contributed by atoms with Gasteiger partial charge in [0.2, 0.25) is 5.91 Å². The Morgan fingerprint density at radius 2 is 1.85 bits per heavy atom. The highest BCUT2D eigenvalue weighted by atomic mass is 16.5. The van der Waals surface area contributed by atoms with Gasteiger partial charge in [-0.2, -0.15) is 5.10 Å². The molecule has 1 amide bonds. The maximum Gasteiger partial charge on any atom is 0.267 e. The number of hydrogen-bond acceptors (Lipinski definition) is 4. The molecule has 6 heteroatoms. The van der Waals surface area contributed by atoms with E-state index in [1.165, 1.54) is 5.56 Å². The van der Waals surface area contributed by atoms with Gasteiger partial charge >= 0.3 is 0 Å². The number of carbonyl (C=O) groups excluding carboxylic acids is 1. The lowest BCUT2D eigenvalue weighted by molar-refractivity contribution is -0.135. The number of rotatable bonds is 3. The predicted molar refractivity (Wildman–Crippen MR) is 101 cm³/mol. The third kappa shape index (κ3) is 3.95. The van der Waals surface area contributed by atoms with Gasteiger partial charge in [-0.25, -0.2) is 4.68 Å². The van der Waals surface area contributed by atoms with Crippen LogP contribution < -0.4 is 10.9 Å². The molecular formula is C21H25N3O3. The van der Waals surface area contributed by atoms with Gasteiger partial charge in [0.25, 0.3) is 5.56 Å². The van der Waals surface area contributed by atoms with Gasteiger partial charge in [0.05, 0.1) is 18.3 Å². The van der Waals surface area contributed by atoms with E-state index in [1.54, 1.807) is 16.8 Å². The van der Waals surface area contributed by atoms with E-state index >= 15 is 0 Å². The van der Waals surface area contributed by atoms with E-state index in [0.717, 1.165) is 36.9 Å². The Kier molecular flexibility index (Phi) is 5.07. The largest absolute Gasteiger partial charge is 0.363 e. The second-order valence-corrected chi connectivity index (χ2v) is 7.54. The number of nitrogens with one attached hydrogen (secondary N) is 1. The average Bonchev–Trinajstić information content (AvgIpc) is 2.70. The normalized spacial score (nSPS) is 24.9. The molecule has 2 aromatic rings. The van der Waals surface area contributed by atoms with E-state index in [0.29, 0.717) is 13.0 Å². The summed E-state index contributed by atoms with van der Waals surface area (Å²) in [5, 5.41) is 7.52. The van der Waals surface area contributed by atoms with E-state index in [1.807, 2.05) is 25.1 Å². The molecule has 1 saturated carbocycles. The Bertz CT molecular complexity index is 884. The van der Waals surface area contributed by atoms with Gasteiger partial charge in [0.15, 0.2) is 0 Å². The van der Waals surface area contributed by atoms with Crippen molar-refractivity contribution in [2.75, 3.05) is 0 Å². The van der Waals surface area contributed by atoms with E-state index < -0.39 is 6.10 Å². The first-order valence-electron chi connectivity index (χ1n) is 9.65. The molecule has 27 heavy (non-hydrogen) atoms. The van der Waals surface area contributed by atoms with Gasteiger partial charge in [-0.15, -0.1) is 0 Å². The lowest BCUT2D eigenvalue weighted by Gasteiger charge is -2.31. The Morgan fingerprint density at radius 3 is 2.63 bits per heavy atom. The minimum Gasteiger partial charge on any atom is -0.363 e. The summed E-state index contributed by atoms with van der Waals surface area (Å²) in [6, 6.07) is 11.7. The van der Waals surface area contributed by atoms with Crippen LogP contribution >= 0.6 is 0 Å². The Balaban J connectivity index is 1.32. The van der Waals surface area contributed by atoms with Gasteiger partial charge in [-0.1, -0.05) is 24.3 Å². The molecule has 2 heterocycles. The molecule has 0 bridgehead atoms. The van der Waals surface area contributed by atoms with Crippen LogP contribution in [-0.2, 0) is 22.6 Å². The van der Waals surface area contributed by atoms with Gasteiger partial charge in [-0.3, -0.25) is 9.59 Å². The number of ether oxygens (including phenoxy) is 1. The SMILES string of the molecule is Cc1ccc(=O)n(C2CCC(NC(=O)C3Cc4ccccc4CO3)CC2)n1.